The summed E-state index contributed by atoms with van der Waals surface area (Å²) in [6.07, 6.45) is -1.54. The zero-order valence-corrected chi connectivity index (χ0v) is 22.1. The van der Waals surface area contributed by atoms with Crippen molar-refractivity contribution in [1.82, 2.24) is 4.57 Å². The Morgan fingerprint density at radius 3 is 2.42 bits per heavy atom. The number of alkyl halides is 3. The van der Waals surface area contributed by atoms with Gasteiger partial charge < -0.3 is 19.9 Å². The zero-order chi connectivity index (χ0) is 28.9. The fraction of sp³-hybridized carbons (Fsp3) is 0.241. The van der Waals surface area contributed by atoms with Crippen molar-refractivity contribution in [3.63, 3.8) is 0 Å². The van der Waals surface area contributed by atoms with Crippen molar-refractivity contribution in [2.24, 2.45) is 0 Å². The average Bonchev–Trinajstić information content (AvgIpc) is 3.32. The Labute approximate surface area is 233 Å². The van der Waals surface area contributed by atoms with Crippen LogP contribution >= 0.6 is 11.6 Å². The number of carboxylic acids is 1. The first kappa shape index (κ1) is 28.8. The Bertz CT molecular complexity index is 1500. The van der Waals surface area contributed by atoms with E-state index < -0.39 is 30.0 Å². The minimum atomic E-state index is -4.87. The molecule has 0 saturated heterocycles. The third-order valence-electron chi connectivity index (χ3n) is 6.21. The number of nitrogens with one attached hydrogen (secondary N) is 1. The second-order valence-electron chi connectivity index (χ2n) is 9.09. The van der Waals surface area contributed by atoms with E-state index in [9.17, 15) is 22.8 Å². The van der Waals surface area contributed by atoms with E-state index in [2.05, 4.69) is 10.1 Å². The molecule has 0 aliphatic carbocycles. The summed E-state index contributed by atoms with van der Waals surface area (Å²) in [6, 6.07) is 16.6. The van der Waals surface area contributed by atoms with Crippen LogP contribution in [-0.4, -0.2) is 35.0 Å². The third-order valence-corrected chi connectivity index (χ3v) is 6.46. The van der Waals surface area contributed by atoms with Crippen LogP contribution in [0.1, 0.15) is 41.2 Å². The number of aliphatic carboxylic acids is 1. The van der Waals surface area contributed by atoms with Crippen molar-refractivity contribution in [3.05, 3.63) is 89.1 Å². The highest BCUT2D eigenvalue weighted by Gasteiger charge is 2.31. The largest absolute Gasteiger partial charge is 0.573 e. The molecule has 1 aromatic heterocycles. The molecule has 0 saturated carbocycles. The molecule has 0 amide bonds. The minimum Gasteiger partial charge on any atom is -0.497 e. The van der Waals surface area contributed by atoms with E-state index in [1.54, 1.807) is 36.4 Å². The number of carboxylic acid groups (broad SMARTS) is 1. The molecule has 4 rings (SSSR count). The summed E-state index contributed by atoms with van der Waals surface area (Å²) >= 11 is 6.07. The molecular formula is C29H26ClF3N2O5. The number of aromatic nitrogens is 1. The first-order valence-corrected chi connectivity index (χ1v) is 12.7. The number of rotatable bonds is 11. The van der Waals surface area contributed by atoms with Gasteiger partial charge in [0.2, 0.25) is 0 Å². The van der Waals surface area contributed by atoms with Gasteiger partial charge in [-0.1, -0.05) is 23.7 Å². The lowest BCUT2D eigenvalue weighted by molar-refractivity contribution is -0.274. The quantitative estimate of drug-likeness (QED) is 0.180. The van der Waals surface area contributed by atoms with Crippen LogP contribution in [0, 0.1) is 0 Å². The van der Waals surface area contributed by atoms with Crippen molar-refractivity contribution in [2.75, 3.05) is 12.4 Å². The van der Waals surface area contributed by atoms with Gasteiger partial charge in [-0.15, -0.1) is 13.2 Å². The van der Waals surface area contributed by atoms with Crippen molar-refractivity contribution in [1.29, 1.82) is 0 Å². The number of anilines is 1. The number of methoxy groups -OCH3 is 1. The van der Waals surface area contributed by atoms with Crippen LogP contribution in [0.2, 0.25) is 5.02 Å². The van der Waals surface area contributed by atoms with Crippen LogP contribution in [0.25, 0.3) is 10.9 Å². The van der Waals surface area contributed by atoms with Gasteiger partial charge in [0, 0.05) is 40.8 Å². The standard InChI is InChI=1S/C29H26ClF3N2O5/c1-39-24-15-18(4-2-3-5-26(36)37)14-22(16-24)34-27(20-6-9-21(30)10-7-20)28(38)35-13-12-19-8-11-23(17-25(19)35)40-29(31,32)33/h6-17,27,34H,2-5H2,1H3,(H,36,37). The summed E-state index contributed by atoms with van der Waals surface area (Å²) < 4.78 is 49.2. The van der Waals surface area contributed by atoms with Crippen molar-refractivity contribution in [3.8, 4) is 11.5 Å². The number of carbonyl (C=O) groups excluding carboxylic acids is 1. The number of ether oxygens (including phenoxy) is 2. The number of benzene rings is 3. The monoisotopic (exact) mass is 574 g/mol. The second kappa shape index (κ2) is 12.3. The minimum absolute atomic E-state index is 0.0722. The molecule has 2 N–H and O–H groups in total. The molecule has 0 aliphatic heterocycles. The summed E-state index contributed by atoms with van der Waals surface area (Å²) in [5.41, 5.74) is 2.27. The third kappa shape index (κ3) is 7.47. The van der Waals surface area contributed by atoms with E-state index in [0.29, 0.717) is 46.7 Å². The van der Waals surface area contributed by atoms with Gasteiger partial charge in [-0.2, -0.15) is 0 Å². The summed E-state index contributed by atoms with van der Waals surface area (Å²) in [5.74, 6) is -1.20. The number of hydrogen-bond donors (Lipinski definition) is 2. The molecular weight excluding hydrogens is 549 g/mol. The van der Waals surface area contributed by atoms with Gasteiger partial charge >= 0.3 is 12.3 Å². The number of halogens is 4. The van der Waals surface area contributed by atoms with Gasteiger partial charge in [0.1, 0.15) is 17.5 Å². The number of aryl methyl sites for hydroxylation is 1. The van der Waals surface area contributed by atoms with E-state index in [1.165, 1.54) is 36.1 Å². The maximum absolute atomic E-state index is 13.9. The van der Waals surface area contributed by atoms with Gasteiger partial charge in [-0.3, -0.25) is 14.2 Å². The van der Waals surface area contributed by atoms with Crippen LogP contribution in [-0.2, 0) is 11.2 Å². The molecule has 0 radical (unpaired) electrons. The van der Waals surface area contributed by atoms with Crippen LogP contribution in [0.3, 0.4) is 0 Å². The molecule has 7 nitrogen and oxygen atoms in total. The van der Waals surface area contributed by atoms with Gasteiger partial charge in [0.05, 0.1) is 12.6 Å². The lowest BCUT2D eigenvalue weighted by Gasteiger charge is -2.21. The summed E-state index contributed by atoms with van der Waals surface area (Å²) in [5, 5.41) is 13.2. The fourth-order valence-electron chi connectivity index (χ4n) is 4.36. The molecule has 0 bridgehead atoms. The Balaban J connectivity index is 1.68. The van der Waals surface area contributed by atoms with E-state index in [4.69, 9.17) is 21.4 Å². The molecule has 3 aromatic carbocycles. The summed E-state index contributed by atoms with van der Waals surface area (Å²) in [4.78, 5) is 24.8. The number of nitrogens with zero attached hydrogens (tertiary/aromatic N) is 1. The van der Waals surface area contributed by atoms with Crippen molar-refractivity contribution < 1.29 is 37.3 Å². The highest BCUT2D eigenvalue weighted by molar-refractivity contribution is 6.30. The lowest BCUT2D eigenvalue weighted by atomic mass is 10.0. The first-order valence-electron chi connectivity index (χ1n) is 12.4. The Hall–Kier alpha value is -4.18. The molecule has 0 spiro atoms. The smallest absolute Gasteiger partial charge is 0.497 e. The highest BCUT2D eigenvalue weighted by Crippen LogP contribution is 2.31. The molecule has 1 atom stereocenters. The maximum atomic E-state index is 13.9. The Morgan fingerprint density at radius 1 is 1.00 bits per heavy atom. The van der Waals surface area contributed by atoms with E-state index in [1.807, 2.05) is 12.1 Å². The highest BCUT2D eigenvalue weighted by atomic mass is 35.5. The molecule has 40 heavy (non-hydrogen) atoms. The Kier molecular flexibility index (Phi) is 8.89. The van der Waals surface area contributed by atoms with Crippen LogP contribution in [0.15, 0.2) is 72.9 Å². The second-order valence-corrected chi connectivity index (χ2v) is 9.53. The van der Waals surface area contributed by atoms with Crippen LogP contribution < -0.4 is 14.8 Å². The van der Waals surface area contributed by atoms with E-state index >= 15 is 0 Å². The van der Waals surface area contributed by atoms with Gasteiger partial charge in [0.15, 0.2) is 0 Å². The predicted molar refractivity (Wildman–Crippen MR) is 145 cm³/mol. The molecule has 1 unspecified atom stereocenters. The summed E-state index contributed by atoms with van der Waals surface area (Å²) in [6.45, 7) is 0. The Morgan fingerprint density at radius 2 is 1.75 bits per heavy atom. The number of hydrogen-bond acceptors (Lipinski definition) is 5. The van der Waals surface area contributed by atoms with Gasteiger partial charge in [-0.25, -0.2) is 0 Å². The van der Waals surface area contributed by atoms with Crippen molar-refractivity contribution in [2.45, 2.75) is 38.1 Å². The maximum Gasteiger partial charge on any atom is 0.573 e. The van der Waals surface area contributed by atoms with Crippen LogP contribution in [0.4, 0.5) is 18.9 Å². The molecule has 0 fully saturated rings. The number of unbranched alkanes of at least 4 members (excludes halogenated alkanes) is 1. The lowest BCUT2D eigenvalue weighted by Crippen LogP contribution is -2.26. The normalized spacial score (nSPS) is 12.2. The number of carbonyl (C=O) groups is 2. The van der Waals surface area contributed by atoms with Gasteiger partial charge in [0.25, 0.3) is 5.91 Å². The predicted octanol–water partition coefficient (Wildman–Crippen LogP) is 7.49. The SMILES string of the molecule is COc1cc(CCCCC(=O)O)cc(NC(C(=O)n2ccc3ccc(OC(F)(F)F)cc32)c2ccc(Cl)cc2)c1. The molecule has 210 valence electrons. The van der Waals surface area contributed by atoms with Gasteiger partial charge in [-0.05, 0) is 72.9 Å². The van der Waals surface area contributed by atoms with E-state index in [0.717, 1.165) is 5.56 Å². The molecule has 0 aliphatic rings. The molecule has 11 heteroatoms. The summed E-state index contributed by atoms with van der Waals surface area (Å²) in [7, 11) is 1.52. The zero-order valence-electron chi connectivity index (χ0n) is 21.4. The number of fused-ring (bicyclic) bond motifs is 1. The van der Waals surface area contributed by atoms with Crippen LogP contribution in [0.5, 0.6) is 11.5 Å². The molecule has 4 aromatic rings. The average molecular weight is 575 g/mol. The topological polar surface area (TPSA) is 89.8 Å². The fourth-order valence-corrected chi connectivity index (χ4v) is 4.48. The van der Waals surface area contributed by atoms with E-state index in [-0.39, 0.29) is 11.9 Å². The molecule has 1 heterocycles. The van der Waals surface area contributed by atoms with Crippen molar-refractivity contribution >= 4 is 40.1 Å². The first-order chi connectivity index (χ1) is 19.0.